The fraction of sp³-hybridized carbons (Fsp3) is 0.238. The number of carbonyl (C=O) groups excluding carboxylic acids is 2. The summed E-state index contributed by atoms with van der Waals surface area (Å²) in [7, 11) is 5.35. The van der Waals surface area contributed by atoms with Crippen molar-refractivity contribution in [2.24, 2.45) is 0 Å². The Balaban J connectivity index is 1.68. The van der Waals surface area contributed by atoms with E-state index in [1.165, 1.54) is 0 Å². The maximum atomic E-state index is 12.6. The zero-order valence-corrected chi connectivity index (χ0v) is 16.2. The van der Waals surface area contributed by atoms with Crippen molar-refractivity contribution in [3.63, 3.8) is 0 Å². The number of nitrogens with zero attached hydrogens (tertiary/aromatic N) is 4. The molecule has 0 aliphatic carbocycles. The van der Waals surface area contributed by atoms with Crippen LogP contribution in [0.5, 0.6) is 0 Å². The number of carbonyl (C=O) groups is 2. The van der Waals surface area contributed by atoms with Gasteiger partial charge in [0.05, 0.1) is 17.6 Å². The summed E-state index contributed by atoms with van der Waals surface area (Å²) in [5.74, 6) is -0.159. The summed E-state index contributed by atoms with van der Waals surface area (Å²) in [5, 5.41) is 2.90. The van der Waals surface area contributed by atoms with Crippen molar-refractivity contribution in [2.45, 2.75) is 6.54 Å². The first kappa shape index (κ1) is 19.4. The summed E-state index contributed by atoms with van der Waals surface area (Å²) >= 11 is 0. The lowest BCUT2D eigenvalue weighted by Crippen LogP contribution is -2.34. The first-order chi connectivity index (χ1) is 13.4. The van der Waals surface area contributed by atoms with Crippen LogP contribution in [-0.4, -0.2) is 59.3 Å². The molecule has 0 fully saturated rings. The molecule has 3 aromatic rings. The van der Waals surface area contributed by atoms with Gasteiger partial charge >= 0.3 is 0 Å². The van der Waals surface area contributed by atoms with E-state index >= 15 is 0 Å². The van der Waals surface area contributed by atoms with Crippen LogP contribution in [0.2, 0.25) is 0 Å². The molecule has 0 saturated carbocycles. The highest BCUT2D eigenvalue weighted by molar-refractivity contribution is 6.05. The number of likely N-dealkylation sites (N-methyl/N-ethyl adjacent to an activating group) is 2. The lowest BCUT2D eigenvalue weighted by Gasteiger charge is -2.19. The van der Waals surface area contributed by atoms with E-state index in [0.717, 1.165) is 16.6 Å². The maximum absolute atomic E-state index is 12.6. The maximum Gasteiger partial charge on any atom is 0.255 e. The molecule has 0 aliphatic heterocycles. The predicted octanol–water partition coefficient (Wildman–Crippen LogP) is 2.40. The molecule has 2 amide bonds. The van der Waals surface area contributed by atoms with E-state index in [-0.39, 0.29) is 11.8 Å². The Labute approximate surface area is 164 Å². The van der Waals surface area contributed by atoms with Crippen LogP contribution in [-0.2, 0) is 11.3 Å². The van der Waals surface area contributed by atoms with Crippen LogP contribution in [0.4, 0.5) is 5.69 Å². The average molecular weight is 377 g/mol. The summed E-state index contributed by atoms with van der Waals surface area (Å²) in [6.45, 7) is 0.897. The van der Waals surface area contributed by atoms with Gasteiger partial charge in [-0.25, -0.2) is 0 Å². The third-order valence-corrected chi connectivity index (χ3v) is 4.27. The summed E-state index contributed by atoms with van der Waals surface area (Å²) in [6.07, 6.45) is 3.25. The van der Waals surface area contributed by atoms with Crippen LogP contribution in [0.3, 0.4) is 0 Å². The van der Waals surface area contributed by atoms with Gasteiger partial charge in [-0.2, -0.15) is 0 Å². The number of hydrogen-bond donors (Lipinski definition) is 1. The zero-order valence-electron chi connectivity index (χ0n) is 16.2. The highest BCUT2D eigenvalue weighted by Crippen LogP contribution is 2.16. The van der Waals surface area contributed by atoms with E-state index in [9.17, 15) is 9.59 Å². The molecule has 0 unspecified atom stereocenters. The standard InChI is InChI=1S/C21H23N5O2/c1-25(2)20(27)14-26(3)13-15-5-4-6-16(11-15)21(28)24-17-7-8-18-19(12-17)23-10-9-22-18/h4-12H,13-14H2,1-3H3,(H,24,28). The highest BCUT2D eigenvalue weighted by atomic mass is 16.2. The molecule has 0 saturated heterocycles. The fourth-order valence-corrected chi connectivity index (χ4v) is 2.80. The molecule has 0 bridgehead atoms. The van der Waals surface area contributed by atoms with Gasteiger partial charge in [-0.05, 0) is 42.9 Å². The van der Waals surface area contributed by atoms with Gasteiger partial charge in [0, 0.05) is 44.3 Å². The Morgan fingerprint density at radius 2 is 1.71 bits per heavy atom. The van der Waals surface area contributed by atoms with Gasteiger partial charge in [0.1, 0.15) is 0 Å². The molecule has 3 rings (SSSR count). The average Bonchev–Trinajstić information content (AvgIpc) is 2.67. The predicted molar refractivity (Wildman–Crippen MR) is 109 cm³/mol. The second-order valence-corrected chi connectivity index (χ2v) is 6.87. The number of amides is 2. The molecule has 7 heteroatoms. The Morgan fingerprint density at radius 1 is 0.964 bits per heavy atom. The van der Waals surface area contributed by atoms with Gasteiger partial charge in [-0.3, -0.25) is 24.5 Å². The van der Waals surface area contributed by atoms with Crippen molar-refractivity contribution in [3.8, 4) is 0 Å². The third-order valence-electron chi connectivity index (χ3n) is 4.27. The van der Waals surface area contributed by atoms with Crippen molar-refractivity contribution in [2.75, 3.05) is 33.0 Å². The summed E-state index contributed by atoms with van der Waals surface area (Å²) in [4.78, 5) is 36.4. The van der Waals surface area contributed by atoms with Crippen LogP contribution in [0.15, 0.2) is 54.9 Å². The second-order valence-electron chi connectivity index (χ2n) is 6.87. The van der Waals surface area contributed by atoms with E-state index in [2.05, 4.69) is 15.3 Å². The summed E-state index contributed by atoms with van der Waals surface area (Å²) in [5.41, 5.74) is 3.69. The molecule has 1 N–H and O–H groups in total. The number of fused-ring (bicyclic) bond motifs is 1. The zero-order chi connectivity index (χ0) is 20.1. The van der Waals surface area contributed by atoms with Crippen LogP contribution in [0.25, 0.3) is 11.0 Å². The fourth-order valence-electron chi connectivity index (χ4n) is 2.80. The van der Waals surface area contributed by atoms with E-state index < -0.39 is 0 Å². The number of anilines is 1. The first-order valence-electron chi connectivity index (χ1n) is 8.92. The molecule has 0 atom stereocenters. The van der Waals surface area contributed by atoms with E-state index in [1.54, 1.807) is 49.6 Å². The Bertz CT molecular complexity index is 1000. The smallest absolute Gasteiger partial charge is 0.255 e. The van der Waals surface area contributed by atoms with Crippen molar-refractivity contribution < 1.29 is 9.59 Å². The molecule has 0 radical (unpaired) electrons. The number of aromatic nitrogens is 2. The molecule has 144 valence electrons. The van der Waals surface area contributed by atoms with Gasteiger partial charge in [-0.1, -0.05) is 12.1 Å². The molecule has 1 heterocycles. The molecule has 7 nitrogen and oxygen atoms in total. The van der Waals surface area contributed by atoms with Crippen LogP contribution in [0, 0.1) is 0 Å². The molecule has 0 aliphatic rings. The lowest BCUT2D eigenvalue weighted by atomic mass is 10.1. The lowest BCUT2D eigenvalue weighted by molar-refractivity contribution is -0.129. The van der Waals surface area contributed by atoms with Gasteiger partial charge in [0.15, 0.2) is 0 Å². The van der Waals surface area contributed by atoms with Gasteiger partial charge in [0.25, 0.3) is 5.91 Å². The minimum absolute atomic E-state index is 0.0378. The largest absolute Gasteiger partial charge is 0.348 e. The van der Waals surface area contributed by atoms with Crippen molar-refractivity contribution in [3.05, 3.63) is 66.0 Å². The topological polar surface area (TPSA) is 78.4 Å². The van der Waals surface area contributed by atoms with Crippen molar-refractivity contribution in [1.82, 2.24) is 19.8 Å². The second kappa shape index (κ2) is 8.58. The normalized spacial score (nSPS) is 10.9. The van der Waals surface area contributed by atoms with Crippen molar-refractivity contribution in [1.29, 1.82) is 0 Å². The van der Waals surface area contributed by atoms with E-state index in [4.69, 9.17) is 0 Å². The number of nitrogens with one attached hydrogen (secondary N) is 1. The van der Waals surface area contributed by atoms with Gasteiger partial charge in [0.2, 0.25) is 5.91 Å². The van der Waals surface area contributed by atoms with Crippen molar-refractivity contribution >= 4 is 28.5 Å². The minimum atomic E-state index is -0.197. The summed E-state index contributed by atoms with van der Waals surface area (Å²) in [6, 6.07) is 12.8. The van der Waals surface area contributed by atoms with Crippen LogP contribution >= 0.6 is 0 Å². The Hall–Kier alpha value is -3.32. The molecular formula is C21H23N5O2. The third kappa shape index (κ3) is 4.89. The first-order valence-corrected chi connectivity index (χ1v) is 8.92. The Morgan fingerprint density at radius 3 is 2.46 bits per heavy atom. The monoisotopic (exact) mass is 377 g/mol. The van der Waals surface area contributed by atoms with Crippen LogP contribution < -0.4 is 5.32 Å². The minimum Gasteiger partial charge on any atom is -0.348 e. The summed E-state index contributed by atoms with van der Waals surface area (Å²) < 4.78 is 0. The Kier molecular flexibility index (Phi) is 5.96. The van der Waals surface area contributed by atoms with Crippen LogP contribution in [0.1, 0.15) is 15.9 Å². The SMILES string of the molecule is CN(CC(=O)N(C)C)Cc1cccc(C(=O)Nc2ccc3nccnc3c2)c1. The molecular weight excluding hydrogens is 354 g/mol. The number of rotatable bonds is 6. The number of hydrogen-bond acceptors (Lipinski definition) is 5. The molecule has 0 spiro atoms. The quantitative estimate of drug-likeness (QED) is 0.714. The van der Waals surface area contributed by atoms with E-state index in [1.807, 2.05) is 36.2 Å². The van der Waals surface area contributed by atoms with E-state index in [0.29, 0.717) is 24.3 Å². The van der Waals surface area contributed by atoms with Gasteiger partial charge in [-0.15, -0.1) is 0 Å². The van der Waals surface area contributed by atoms with Gasteiger partial charge < -0.3 is 10.2 Å². The molecule has 28 heavy (non-hydrogen) atoms. The number of benzene rings is 2. The molecule has 1 aromatic heterocycles. The highest BCUT2D eigenvalue weighted by Gasteiger charge is 2.11. The molecule has 2 aromatic carbocycles.